The number of carbonyl (C=O) groups excluding carboxylic acids is 1. The van der Waals surface area contributed by atoms with E-state index in [0.717, 1.165) is 50.3 Å². The summed E-state index contributed by atoms with van der Waals surface area (Å²) in [5.74, 6) is 0.238. The van der Waals surface area contributed by atoms with Crippen LogP contribution in [0.2, 0.25) is 0 Å². The number of aromatic amines is 1. The van der Waals surface area contributed by atoms with Crippen LogP contribution in [0.3, 0.4) is 0 Å². The van der Waals surface area contributed by atoms with E-state index in [2.05, 4.69) is 15.5 Å². The van der Waals surface area contributed by atoms with E-state index in [4.69, 9.17) is 0 Å². The Bertz CT molecular complexity index is 534. The molecular formula is C13H18N4O2. The van der Waals surface area contributed by atoms with E-state index < -0.39 is 0 Å². The first-order chi connectivity index (χ1) is 9.24. The molecule has 0 unspecified atom stereocenters. The zero-order valence-electron chi connectivity index (χ0n) is 10.8. The van der Waals surface area contributed by atoms with Crippen molar-refractivity contribution in [3.63, 3.8) is 0 Å². The fourth-order valence-corrected chi connectivity index (χ4v) is 2.89. The van der Waals surface area contributed by atoms with Gasteiger partial charge in [0.2, 0.25) is 5.91 Å². The molecule has 3 rings (SSSR count). The van der Waals surface area contributed by atoms with Gasteiger partial charge in [0.25, 0.3) is 5.56 Å². The minimum absolute atomic E-state index is 0.00852. The number of piperazine rings is 1. The molecule has 2 aliphatic rings. The third kappa shape index (κ3) is 2.53. The molecule has 1 aliphatic carbocycles. The molecule has 102 valence electrons. The predicted molar refractivity (Wildman–Crippen MR) is 69.8 cm³/mol. The van der Waals surface area contributed by atoms with Crippen LogP contribution in [0.5, 0.6) is 0 Å². The molecule has 2 N–H and O–H groups in total. The number of aromatic nitrogens is 2. The summed E-state index contributed by atoms with van der Waals surface area (Å²) in [7, 11) is 0. The summed E-state index contributed by atoms with van der Waals surface area (Å²) in [6, 6.07) is 1.58. The van der Waals surface area contributed by atoms with E-state index in [1.807, 2.05) is 4.90 Å². The molecule has 1 aliphatic heterocycles. The molecule has 0 radical (unpaired) electrons. The van der Waals surface area contributed by atoms with Gasteiger partial charge in [-0.3, -0.25) is 9.59 Å². The Labute approximate surface area is 111 Å². The number of nitrogens with zero attached hydrogens (tertiary/aromatic N) is 2. The Hall–Kier alpha value is -1.69. The lowest BCUT2D eigenvalue weighted by molar-refractivity contribution is -0.136. The fraction of sp³-hybridized carbons (Fsp3) is 0.615. The van der Waals surface area contributed by atoms with Gasteiger partial charge in [-0.2, -0.15) is 5.10 Å². The quantitative estimate of drug-likeness (QED) is 0.702. The highest BCUT2D eigenvalue weighted by molar-refractivity contribution is 5.79. The summed E-state index contributed by atoms with van der Waals surface area (Å²) in [5, 5.41) is 9.76. The normalized spacial score (nSPS) is 22.9. The third-order valence-electron chi connectivity index (χ3n) is 3.95. The largest absolute Gasteiger partial charge is 0.340 e. The molecule has 0 bridgehead atoms. The van der Waals surface area contributed by atoms with Crippen molar-refractivity contribution in [1.82, 2.24) is 20.4 Å². The van der Waals surface area contributed by atoms with Crippen LogP contribution < -0.4 is 10.9 Å². The Kier molecular flexibility index (Phi) is 3.33. The van der Waals surface area contributed by atoms with Gasteiger partial charge in [-0.05, 0) is 24.8 Å². The van der Waals surface area contributed by atoms with Gasteiger partial charge in [0, 0.05) is 38.2 Å². The van der Waals surface area contributed by atoms with Crippen molar-refractivity contribution in [3.8, 4) is 0 Å². The lowest BCUT2D eigenvalue weighted by atomic mass is 9.86. The van der Waals surface area contributed by atoms with Crippen LogP contribution >= 0.6 is 0 Å². The molecule has 19 heavy (non-hydrogen) atoms. The molecule has 6 heteroatoms. The number of aryl methyl sites for hydroxylation is 1. The standard InChI is InChI=1S/C13H18N4O2/c18-12-8-10-7-9(1-2-11(10)15-16-12)13(19)17-5-3-14-4-6-17/h8-9,14H,1-7H2,(H,16,18)/t9-/m0/s1. The molecule has 1 atom stereocenters. The van der Waals surface area contributed by atoms with Crippen molar-refractivity contribution < 1.29 is 4.79 Å². The summed E-state index contributed by atoms with van der Waals surface area (Å²) >= 11 is 0. The topological polar surface area (TPSA) is 78.1 Å². The van der Waals surface area contributed by atoms with Crippen molar-refractivity contribution >= 4 is 5.91 Å². The maximum atomic E-state index is 12.4. The Morgan fingerprint density at radius 3 is 2.95 bits per heavy atom. The van der Waals surface area contributed by atoms with Crippen molar-refractivity contribution in [1.29, 1.82) is 0 Å². The SMILES string of the molecule is O=C([C@H]1CCc2n[nH]c(=O)cc2C1)N1CCNCC1. The molecule has 1 fully saturated rings. The average Bonchev–Trinajstić information content (AvgIpc) is 2.46. The molecule has 0 aromatic carbocycles. The zero-order valence-corrected chi connectivity index (χ0v) is 10.8. The summed E-state index contributed by atoms with van der Waals surface area (Å²) in [6.07, 6.45) is 2.25. The van der Waals surface area contributed by atoms with Gasteiger partial charge >= 0.3 is 0 Å². The summed E-state index contributed by atoms with van der Waals surface area (Å²) in [4.78, 5) is 25.7. The Morgan fingerprint density at radius 2 is 2.16 bits per heavy atom. The van der Waals surface area contributed by atoms with Crippen LogP contribution in [0, 0.1) is 5.92 Å². The fourth-order valence-electron chi connectivity index (χ4n) is 2.89. The molecule has 6 nitrogen and oxygen atoms in total. The number of fused-ring (bicyclic) bond motifs is 1. The minimum Gasteiger partial charge on any atom is -0.340 e. The summed E-state index contributed by atoms with van der Waals surface area (Å²) < 4.78 is 0. The first kappa shape index (κ1) is 12.3. The van der Waals surface area contributed by atoms with E-state index in [0.29, 0.717) is 6.42 Å². The maximum absolute atomic E-state index is 12.4. The number of carbonyl (C=O) groups is 1. The molecule has 1 saturated heterocycles. The van der Waals surface area contributed by atoms with Gasteiger partial charge in [0.15, 0.2) is 0 Å². The number of hydrogen-bond donors (Lipinski definition) is 2. The third-order valence-corrected chi connectivity index (χ3v) is 3.95. The van der Waals surface area contributed by atoms with E-state index in [9.17, 15) is 9.59 Å². The molecule has 1 amide bonds. The smallest absolute Gasteiger partial charge is 0.264 e. The predicted octanol–water partition coefficient (Wildman–Crippen LogP) is -0.693. The van der Waals surface area contributed by atoms with Gasteiger partial charge in [0.1, 0.15) is 0 Å². The molecule has 0 spiro atoms. The number of amides is 1. The second kappa shape index (κ2) is 5.13. The number of H-pyrrole nitrogens is 1. The number of rotatable bonds is 1. The van der Waals surface area contributed by atoms with Crippen LogP contribution in [0.25, 0.3) is 0 Å². The van der Waals surface area contributed by atoms with Gasteiger partial charge in [0.05, 0.1) is 5.69 Å². The lowest BCUT2D eigenvalue weighted by Gasteiger charge is -2.32. The Balaban J connectivity index is 1.74. The molecular weight excluding hydrogens is 244 g/mol. The van der Waals surface area contributed by atoms with Crippen molar-refractivity contribution in [2.75, 3.05) is 26.2 Å². The van der Waals surface area contributed by atoms with E-state index in [1.165, 1.54) is 0 Å². The zero-order chi connectivity index (χ0) is 13.2. The highest BCUT2D eigenvalue weighted by Gasteiger charge is 2.29. The van der Waals surface area contributed by atoms with Gasteiger partial charge in [-0.15, -0.1) is 0 Å². The monoisotopic (exact) mass is 262 g/mol. The van der Waals surface area contributed by atoms with Crippen LogP contribution in [0.15, 0.2) is 10.9 Å². The van der Waals surface area contributed by atoms with Gasteiger partial charge in [-0.25, -0.2) is 5.10 Å². The van der Waals surface area contributed by atoms with Crippen LogP contribution in [0.1, 0.15) is 17.7 Å². The lowest BCUT2D eigenvalue weighted by Crippen LogP contribution is -2.49. The van der Waals surface area contributed by atoms with E-state index in [1.54, 1.807) is 6.07 Å². The number of hydrogen-bond acceptors (Lipinski definition) is 4. The van der Waals surface area contributed by atoms with Crippen LogP contribution in [0.4, 0.5) is 0 Å². The highest BCUT2D eigenvalue weighted by Crippen LogP contribution is 2.24. The second-order valence-electron chi connectivity index (χ2n) is 5.22. The molecule has 2 heterocycles. The molecule has 1 aromatic heterocycles. The first-order valence-electron chi connectivity index (χ1n) is 6.81. The minimum atomic E-state index is -0.186. The Morgan fingerprint density at radius 1 is 1.37 bits per heavy atom. The first-order valence-corrected chi connectivity index (χ1v) is 6.81. The van der Waals surface area contributed by atoms with Crippen molar-refractivity contribution in [2.24, 2.45) is 5.92 Å². The second-order valence-corrected chi connectivity index (χ2v) is 5.22. The molecule has 0 saturated carbocycles. The van der Waals surface area contributed by atoms with E-state index in [-0.39, 0.29) is 17.4 Å². The van der Waals surface area contributed by atoms with Gasteiger partial charge < -0.3 is 10.2 Å². The molecule has 1 aromatic rings. The summed E-state index contributed by atoms with van der Waals surface area (Å²) in [5.41, 5.74) is 1.68. The van der Waals surface area contributed by atoms with Crippen LogP contribution in [-0.4, -0.2) is 47.2 Å². The van der Waals surface area contributed by atoms with Crippen molar-refractivity contribution in [3.05, 3.63) is 27.7 Å². The van der Waals surface area contributed by atoms with Gasteiger partial charge in [-0.1, -0.05) is 0 Å². The summed E-state index contributed by atoms with van der Waals surface area (Å²) in [6.45, 7) is 3.32. The van der Waals surface area contributed by atoms with Crippen molar-refractivity contribution in [2.45, 2.75) is 19.3 Å². The number of nitrogens with one attached hydrogen (secondary N) is 2. The average molecular weight is 262 g/mol. The maximum Gasteiger partial charge on any atom is 0.264 e. The van der Waals surface area contributed by atoms with Crippen LogP contribution in [-0.2, 0) is 17.6 Å². The highest BCUT2D eigenvalue weighted by atomic mass is 16.2. The van der Waals surface area contributed by atoms with E-state index >= 15 is 0 Å².